The van der Waals surface area contributed by atoms with E-state index in [2.05, 4.69) is 5.16 Å². The number of hydrogen-bond donors (Lipinski definition) is 2. The molecule has 94 valence electrons. The molecule has 0 aliphatic carbocycles. The fourth-order valence-corrected chi connectivity index (χ4v) is 1.24. The smallest absolute Gasteiger partial charge is 0.119 e. The molecular weight excluding hydrogens is 222 g/mol. The summed E-state index contributed by atoms with van der Waals surface area (Å²) >= 11 is 0. The highest BCUT2D eigenvalue weighted by atomic mass is 16.5. The lowest BCUT2D eigenvalue weighted by atomic mass is 10.1. The number of aliphatic hydroxyl groups is 1. The van der Waals surface area contributed by atoms with E-state index in [1.165, 1.54) is 0 Å². The van der Waals surface area contributed by atoms with Crippen LogP contribution in [0.1, 0.15) is 12.5 Å². The van der Waals surface area contributed by atoms with Gasteiger partial charge in [0.15, 0.2) is 0 Å². The fraction of sp³-hybridized carbons (Fsp3) is 0.417. The summed E-state index contributed by atoms with van der Waals surface area (Å²) in [6.45, 7) is 2.95. The molecular formula is C12H17NO4. The van der Waals surface area contributed by atoms with Gasteiger partial charge in [0.1, 0.15) is 12.4 Å². The van der Waals surface area contributed by atoms with Gasteiger partial charge in [-0.1, -0.05) is 5.16 Å². The Labute approximate surface area is 100 Å². The average Bonchev–Trinajstić information content (AvgIpc) is 2.38. The minimum Gasteiger partial charge on any atom is -0.491 e. The van der Waals surface area contributed by atoms with E-state index in [4.69, 9.17) is 19.8 Å². The van der Waals surface area contributed by atoms with Gasteiger partial charge in [0, 0.05) is 0 Å². The van der Waals surface area contributed by atoms with Gasteiger partial charge in [-0.25, -0.2) is 0 Å². The van der Waals surface area contributed by atoms with E-state index in [1.807, 2.05) is 12.1 Å². The molecule has 0 fully saturated rings. The molecule has 0 heterocycles. The van der Waals surface area contributed by atoms with Crippen molar-refractivity contribution in [1.82, 2.24) is 0 Å². The molecule has 1 aromatic rings. The molecule has 0 aromatic heterocycles. The van der Waals surface area contributed by atoms with E-state index in [-0.39, 0.29) is 6.61 Å². The van der Waals surface area contributed by atoms with Crippen molar-refractivity contribution in [3.05, 3.63) is 29.8 Å². The highest BCUT2D eigenvalue weighted by molar-refractivity contribution is 5.98. The van der Waals surface area contributed by atoms with Gasteiger partial charge in [-0.3, -0.25) is 0 Å². The van der Waals surface area contributed by atoms with Crippen LogP contribution >= 0.6 is 0 Å². The predicted octanol–water partition coefficient (Wildman–Crippen LogP) is 1.27. The van der Waals surface area contributed by atoms with Crippen LogP contribution in [-0.4, -0.2) is 42.5 Å². The Kier molecular flexibility index (Phi) is 6.06. The Hall–Kier alpha value is -1.59. The number of ether oxygens (including phenoxy) is 2. The molecule has 1 aromatic carbocycles. The maximum atomic E-state index is 8.60. The van der Waals surface area contributed by atoms with Crippen molar-refractivity contribution < 1.29 is 19.8 Å². The molecule has 2 N–H and O–H groups in total. The highest BCUT2D eigenvalue weighted by Gasteiger charge is 1.98. The van der Waals surface area contributed by atoms with Crippen LogP contribution in [0.4, 0.5) is 0 Å². The zero-order chi connectivity index (χ0) is 12.5. The summed E-state index contributed by atoms with van der Waals surface area (Å²) < 4.78 is 10.5. The monoisotopic (exact) mass is 239 g/mol. The topological polar surface area (TPSA) is 71.3 Å². The first-order chi connectivity index (χ1) is 8.27. The van der Waals surface area contributed by atoms with Crippen molar-refractivity contribution in [2.75, 3.05) is 26.4 Å². The van der Waals surface area contributed by atoms with E-state index in [9.17, 15) is 0 Å². The van der Waals surface area contributed by atoms with Crippen LogP contribution in [0.3, 0.4) is 0 Å². The number of rotatable bonds is 7. The zero-order valence-corrected chi connectivity index (χ0v) is 9.80. The van der Waals surface area contributed by atoms with Gasteiger partial charge in [-0.15, -0.1) is 0 Å². The number of nitrogens with zero attached hydrogens (tertiary/aromatic N) is 1. The summed E-state index contributed by atoms with van der Waals surface area (Å²) in [5, 5.41) is 20.2. The molecule has 5 nitrogen and oxygen atoms in total. The molecule has 17 heavy (non-hydrogen) atoms. The van der Waals surface area contributed by atoms with Crippen LogP contribution in [0.2, 0.25) is 0 Å². The lowest BCUT2D eigenvalue weighted by Gasteiger charge is -2.07. The molecule has 0 aliphatic heterocycles. The summed E-state index contributed by atoms with van der Waals surface area (Å²) in [5.74, 6) is 0.729. The minimum absolute atomic E-state index is 0.0223. The van der Waals surface area contributed by atoms with E-state index in [0.29, 0.717) is 25.5 Å². The van der Waals surface area contributed by atoms with Gasteiger partial charge in [0.2, 0.25) is 0 Å². The lowest BCUT2D eigenvalue weighted by Crippen LogP contribution is -2.09. The zero-order valence-electron chi connectivity index (χ0n) is 9.80. The Morgan fingerprint density at radius 1 is 1.18 bits per heavy atom. The summed E-state index contributed by atoms with van der Waals surface area (Å²) in [4.78, 5) is 0. The molecule has 0 spiro atoms. The van der Waals surface area contributed by atoms with Gasteiger partial charge in [0.05, 0.1) is 25.5 Å². The third-order valence-electron chi connectivity index (χ3n) is 2.15. The van der Waals surface area contributed by atoms with Crippen LogP contribution in [-0.2, 0) is 4.74 Å². The minimum atomic E-state index is 0.0223. The van der Waals surface area contributed by atoms with Crippen molar-refractivity contribution in [3.8, 4) is 5.75 Å². The highest BCUT2D eigenvalue weighted by Crippen LogP contribution is 2.12. The SMILES string of the molecule is C/C(=N\O)c1ccc(OCCOCCO)cc1. The van der Waals surface area contributed by atoms with Crippen LogP contribution in [0.5, 0.6) is 5.75 Å². The molecule has 0 bridgehead atoms. The number of aliphatic hydroxyl groups excluding tert-OH is 1. The third kappa shape index (κ3) is 4.84. The first kappa shape index (κ1) is 13.5. The Balaban J connectivity index is 2.35. The Morgan fingerprint density at radius 3 is 2.47 bits per heavy atom. The van der Waals surface area contributed by atoms with Crippen molar-refractivity contribution in [1.29, 1.82) is 0 Å². The summed E-state index contributed by atoms with van der Waals surface area (Å²) in [5.41, 5.74) is 1.40. The molecule has 0 atom stereocenters. The van der Waals surface area contributed by atoms with Crippen molar-refractivity contribution in [2.45, 2.75) is 6.92 Å². The maximum absolute atomic E-state index is 8.60. The summed E-state index contributed by atoms with van der Waals surface area (Å²) in [7, 11) is 0. The van der Waals surface area contributed by atoms with Gasteiger partial charge in [0.25, 0.3) is 0 Å². The van der Waals surface area contributed by atoms with E-state index in [0.717, 1.165) is 11.3 Å². The van der Waals surface area contributed by atoms with Crippen molar-refractivity contribution >= 4 is 5.71 Å². The second kappa shape index (κ2) is 7.65. The quantitative estimate of drug-likeness (QED) is 0.325. The standard InChI is InChI=1S/C12H17NO4/c1-10(13-15)11-2-4-12(5-3-11)17-9-8-16-7-6-14/h2-5,14-15H,6-9H2,1H3/b13-10+. The molecule has 5 heteroatoms. The average molecular weight is 239 g/mol. The largest absolute Gasteiger partial charge is 0.491 e. The maximum Gasteiger partial charge on any atom is 0.119 e. The van der Waals surface area contributed by atoms with Crippen LogP contribution in [0, 0.1) is 0 Å². The van der Waals surface area contributed by atoms with E-state index >= 15 is 0 Å². The Morgan fingerprint density at radius 2 is 1.88 bits per heavy atom. The number of oxime groups is 1. The molecule has 0 radical (unpaired) electrons. The van der Waals surface area contributed by atoms with Gasteiger partial charge >= 0.3 is 0 Å². The first-order valence-electron chi connectivity index (χ1n) is 5.38. The summed E-state index contributed by atoms with van der Waals surface area (Å²) in [6, 6.07) is 7.24. The lowest BCUT2D eigenvalue weighted by molar-refractivity contribution is 0.0705. The Bertz CT molecular complexity index is 348. The van der Waals surface area contributed by atoms with Crippen LogP contribution in [0.15, 0.2) is 29.4 Å². The normalized spacial score (nSPS) is 11.5. The third-order valence-corrected chi connectivity index (χ3v) is 2.15. The molecule has 0 saturated carbocycles. The second-order valence-corrected chi connectivity index (χ2v) is 3.39. The van der Waals surface area contributed by atoms with Gasteiger partial charge < -0.3 is 19.8 Å². The van der Waals surface area contributed by atoms with Gasteiger partial charge in [-0.2, -0.15) is 0 Å². The molecule has 0 aliphatic rings. The van der Waals surface area contributed by atoms with Crippen LogP contribution in [0.25, 0.3) is 0 Å². The summed E-state index contributed by atoms with van der Waals surface area (Å²) in [6.07, 6.45) is 0. The molecule has 0 amide bonds. The predicted molar refractivity (Wildman–Crippen MR) is 63.8 cm³/mol. The van der Waals surface area contributed by atoms with E-state index in [1.54, 1.807) is 19.1 Å². The molecule has 0 unspecified atom stereocenters. The number of hydrogen-bond acceptors (Lipinski definition) is 5. The van der Waals surface area contributed by atoms with Gasteiger partial charge in [-0.05, 0) is 36.8 Å². The fourth-order valence-electron chi connectivity index (χ4n) is 1.24. The van der Waals surface area contributed by atoms with Crippen molar-refractivity contribution in [2.24, 2.45) is 5.16 Å². The molecule has 0 saturated heterocycles. The molecule has 1 rings (SSSR count). The van der Waals surface area contributed by atoms with E-state index < -0.39 is 0 Å². The van der Waals surface area contributed by atoms with Crippen molar-refractivity contribution in [3.63, 3.8) is 0 Å². The van der Waals surface area contributed by atoms with Crippen LogP contribution < -0.4 is 4.74 Å². The first-order valence-corrected chi connectivity index (χ1v) is 5.38. The number of benzene rings is 1. The second-order valence-electron chi connectivity index (χ2n) is 3.39.